The minimum Gasteiger partial charge on any atom is -0.497 e. The lowest BCUT2D eigenvalue weighted by Crippen LogP contribution is -2.24. The van der Waals surface area contributed by atoms with E-state index in [1.54, 1.807) is 45.4 Å². The van der Waals surface area contributed by atoms with Crippen LogP contribution in [0.15, 0.2) is 46.9 Å². The van der Waals surface area contributed by atoms with Gasteiger partial charge in [-0.15, -0.1) is 0 Å². The molecule has 0 aliphatic heterocycles. The summed E-state index contributed by atoms with van der Waals surface area (Å²) >= 11 is 3.44. The Morgan fingerprint density at radius 3 is 2.38 bits per heavy atom. The highest BCUT2D eigenvalue weighted by atomic mass is 79.9. The molecule has 0 aliphatic rings. The average molecular weight is 420 g/mol. The molecule has 2 aromatic rings. The number of amides is 1. The van der Waals surface area contributed by atoms with Gasteiger partial charge >= 0.3 is 0 Å². The van der Waals surface area contributed by atoms with Crippen LogP contribution in [0.5, 0.6) is 17.2 Å². The zero-order valence-corrected chi connectivity index (χ0v) is 16.9. The van der Waals surface area contributed by atoms with E-state index >= 15 is 0 Å². The number of hydrogen-bond acceptors (Lipinski definition) is 4. The predicted octanol–water partition coefficient (Wildman–Crippen LogP) is 4.15. The summed E-state index contributed by atoms with van der Waals surface area (Å²) in [5, 5.41) is 0. The van der Waals surface area contributed by atoms with E-state index in [-0.39, 0.29) is 5.91 Å². The second-order valence-corrected chi connectivity index (χ2v) is 6.51. The van der Waals surface area contributed by atoms with E-state index in [2.05, 4.69) is 15.9 Å². The lowest BCUT2D eigenvalue weighted by Gasteiger charge is -2.17. The number of carbonyl (C=O) groups excluding carboxylic acids is 1. The van der Waals surface area contributed by atoms with E-state index in [1.807, 2.05) is 30.3 Å². The summed E-state index contributed by atoms with van der Waals surface area (Å²) in [6.45, 7) is 0.432. The van der Waals surface area contributed by atoms with Crippen LogP contribution in [0.25, 0.3) is 6.08 Å². The molecule has 0 N–H and O–H groups in total. The van der Waals surface area contributed by atoms with Gasteiger partial charge in [0.05, 0.1) is 21.3 Å². The average Bonchev–Trinajstić information content (AvgIpc) is 2.65. The monoisotopic (exact) mass is 419 g/mol. The summed E-state index contributed by atoms with van der Waals surface area (Å²) in [7, 11) is 6.55. The molecule has 0 unspecified atom stereocenters. The quantitative estimate of drug-likeness (QED) is 0.632. The standard InChI is InChI=1S/C20H22BrNO4/c1-22(13-15-11-16(21)6-8-19(15)26-4)20(23)10-5-14-12-17(24-2)7-9-18(14)25-3/h5-12H,13H2,1-4H3. The van der Waals surface area contributed by atoms with E-state index < -0.39 is 0 Å². The second-order valence-electron chi connectivity index (χ2n) is 5.59. The van der Waals surface area contributed by atoms with Gasteiger partial charge in [-0.3, -0.25) is 4.79 Å². The van der Waals surface area contributed by atoms with E-state index in [0.717, 1.165) is 21.3 Å². The van der Waals surface area contributed by atoms with E-state index in [0.29, 0.717) is 18.0 Å². The lowest BCUT2D eigenvalue weighted by molar-refractivity contribution is -0.125. The molecule has 2 aromatic carbocycles. The van der Waals surface area contributed by atoms with Gasteiger partial charge in [-0.05, 0) is 42.5 Å². The Kier molecular flexibility index (Phi) is 7.09. The molecule has 0 fully saturated rings. The van der Waals surface area contributed by atoms with Crippen LogP contribution in [-0.2, 0) is 11.3 Å². The number of halogens is 1. The fraction of sp³-hybridized carbons (Fsp3) is 0.250. The fourth-order valence-corrected chi connectivity index (χ4v) is 2.87. The third kappa shape index (κ3) is 5.02. The number of benzene rings is 2. The van der Waals surface area contributed by atoms with Gasteiger partial charge in [0.1, 0.15) is 17.2 Å². The summed E-state index contributed by atoms with van der Waals surface area (Å²) in [5.74, 6) is 1.99. The van der Waals surface area contributed by atoms with Crippen LogP contribution >= 0.6 is 15.9 Å². The topological polar surface area (TPSA) is 48.0 Å². The van der Waals surface area contributed by atoms with Crippen molar-refractivity contribution in [1.82, 2.24) is 4.90 Å². The van der Waals surface area contributed by atoms with Crippen LogP contribution < -0.4 is 14.2 Å². The molecule has 138 valence electrons. The van der Waals surface area contributed by atoms with Crippen LogP contribution in [0.1, 0.15) is 11.1 Å². The summed E-state index contributed by atoms with van der Waals surface area (Å²) in [6, 6.07) is 11.1. The van der Waals surface area contributed by atoms with Crippen molar-refractivity contribution in [2.24, 2.45) is 0 Å². The first-order valence-electron chi connectivity index (χ1n) is 7.96. The van der Waals surface area contributed by atoms with Gasteiger partial charge in [0.2, 0.25) is 5.91 Å². The van der Waals surface area contributed by atoms with E-state index in [9.17, 15) is 4.79 Å². The number of rotatable bonds is 7. The third-order valence-electron chi connectivity index (χ3n) is 3.87. The molecule has 26 heavy (non-hydrogen) atoms. The Morgan fingerprint density at radius 2 is 1.73 bits per heavy atom. The van der Waals surface area contributed by atoms with Crippen molar-refractivity contribution in [2.75, 3.05) is 28.4 Å². The first kappa shape index (κ1) is 19.8. The van der Waals surface area contributed by atoms with Gasteiger partial charge in [0.25, 0.3) is 0 Å². The van der Waals surface area contributed by atoms with E-state index in [4.69, 9.17) is 14.2 Å². The molecule has 0 heterocycles. The van der Waals surface area contributed by atoms with Crippen molar-refractivity contribution in [3.63, 3.8) is 0 Å². The van der Waals surface area contributed by atoms with Crippen molar-refractivity contribution in [1.29, 1.82) is 0 Å². The van der Waals surface area contributed by atoms with E-state index in [1.165, 1.54) is 6.08 Å². The molecule has 0 aromatic heterocycles. The summed E-state index contributed by atoms with van der Waals surface area (Å²) in [5.41, 5.74) is 1.69. The van der Waals surface area contributed by atoms with Crippen molar-refractivity contribution >= 4 is 27.9 Å². The molecule has 0 atom stereocenters. The van der Waals surface area contributed by atoms with Crippen molar-refractivity contribution in [3.05, 3.63) is 58.1 Å². The van der Waals surface area contributed by atoms with Gasteiger partial charge in [-0.25, -0.2) is 0 Å². The van der Waals surface area contributed by atoms with Crippen LogP contribution in [0.3, 0.4) is 0 Å². The molecule has 0 bridgehead atoms. The third-order valence-corrected chi connectivity index (χ3v) is 4.36. The van der Waals surface area contributed by atoms with Gasteiger partial charge in [-0.1, -0.05) is 15.9 Å². The largest absolute Gasteiger partial charge is 0.497 e. The Hall–Kier alpha value is -2.47. The number of ether oxygens (including phenoxy) is 3. The molecule has 0 saturated heterocycles. The van der Waals surface area contributed by atoms with Gasteiger partial charge in [-0.2, -0.15) is 0 Å². The Morgan fingerprint density at radius 1 is 1.04 bits per heavy atom. The molecule has 0 saturated carbocycles. The molecule has 1 amide bonds. The van der Waals surface area contributed by atoms with Crippen LogP contribution in [-0.4, -0.2) is 39.2 Å². The van der Waals surface area contributed by atoms with Gasteiger partial charge in [0, 0.05) is 35.3 Å². The SMILES string of the molecule is COc1ccc(OC)c(C=CC(=O)N(C)Cc2cc(Br)ccc2OC)c1. The first-order chi connectivity index (χ1) is 12.5. The van der Waals surface area contributed by atoms with Gasteiger partial charge < -0.3 is 19.1 Å². The molecule has 2 rings (SSSR count). The zero-order chi connectivity index (χ0) is 19.1. The minimum atomic E-state index is -0.128. The number of methoxy groups -OCH3 is 3. The Labute approximate surface area is 162 Å². The molecule has 0 aliphatic carbocycles. The summed E-state index contributed by atoms with van der Waals surface area (Å²) < 4.78 is 16.8. The number of hydrogen-bond donors (Lipinski definition) is 0. The van der Waals surface area contributed by atoms with Crippen molar-refractivity contribution in [3.8, 4) is 17.2 Å². The summed E-state index contributed by atoms with van der Waals surface area (Å²) in [6.07, 6.45) is 3.24. The maximum absolute atomic E-state index is 12.5. The number of nitrogens with zero attached hydrogens (tertiary/aromatic N) is 1. The molecular formula is C20H22BrNO4. The smallest absolute Gasteiger partial charge is 0.246 e. The first-order valence-corrected chi connectivity index (χ1v) is 8.75. The minimum absolute atomic E-state index is 0.128. The molecule has 0 radical (unpaired) electrons. The maximum atomic E-state index is 12.5. The molecule has 0 spiro atoms. The lowest BCUT2D eigenvalue weighted by atomic mass is 10.1. The molecule has 6 heteroatoms. The molecule has 5 nitrogen and oxygen atoms in total. The number of carbonyl (C=O) groups is 1. The highest BCUT2D eigenvalue weighted by Gasteiger charge is 2.11. The normalized spacial score (nSPS) is 10.7. The second kappa shape index (κ2) is 9.29. The van der Waals surface area contributed by atoms with Crippen molar-refractivity contribution in [2.45, 2.75) is 6.54 Å². The van der Waals surface area contributed by atoms with Gasteiger partial charge in [0.15, 0.2) is 0 Å². The number of likely N-dealkylation sites (N-methyl/N-ethyl adjacent to an activating group) is 1. The van der Waals surface area contributed by atoms with Crippen LogP contribution in [0.2, 0.25) is 0 Å². The Bertz CT molecular complexity index is 804. The Balaban J connectivity index is 2.14. The summed E-state index contributed by atoms with van der Waals surface area (Å²) in [4.78, 5) is 14.1. The van der Waals surface area contributed by atoms with Crippen LogP contribution in [0.4, 0.5) is 0 Å². The predicted molar refractivity (Wildman–Crippen MR) is 106 cm³/mol. The van der Waals surface area contributed by atoms with Crippen molar-refractivity contribution < 1.29 is 19.0 Å². The highest BCUT2D eigenvalue weighted by Crippen LogP contribution is 2.26. The van der Waals surface area contributed by atoms with Crippen LogP contribution in [0, 0.1) is 0 Å². The maximum Gasteiger partial charge on any atom is 0.246 e. The highest BCUT2D eigenvalue weighted by molar-refractivity contribution is 9.10. The fourth-order valence-electron chi connectivity index (χ4n) is 2.46. The molecular weight excluding hydrogens is 398 g/mol. The zero-order valence-electron chi connectivity index (χ0n) is 15.3.